The number of ether oxygens (including phenoxy) is 1. The predicted octanol–water partition coefficient (Wildman–Crippen LogP) is 2.73. The van der Waals surface area contributed by atoms with Crippen LogP contribution in [0.1, 0.15) is 16.8 Å². The third kappa shape index (κ3) is 1.05. The Labute approximate surface area is 97.1 Å². The Balaban J connectivity index is 1.91. The van der Waals surface area contributed by atoms with Crippen molar-refractivity contribution in [3.63, 3.8) is 0 Å². The van der Waals surface area contributed by atoms with Gasteiger partial charge in [0, 0.05) is 24.1 Å². The molecule has 2 aromatic rings. The van der Waals surface area contributed by atoms with E-state index in [1.807, 2.05) is 5.51 Å². The highest BCUT2D eigenvalue weighted by atomic mass is 32.1. The first-order valence-corrected chi connectivity index (χ1v) is 6.27. The summed E-state index contributed by atoms with van der Waals surface area (Å²) in [6.45, 7) is 0.809. The van der Waals surface area contributed by atoms with Crippen LogP contribution in [-0.2, 0) is 12.8 Å². The molecular weight excluding hydrogens is 220 g/mol. The van der Waals surface area contributed by atoms with Crippen LogP contribution in [0.15, 0.2) is 17.6 Å². The van der Waals surface area contributed by atoms with Crippen LogP contribution in [-0.4, -0.2) is 11.6 Å². The van der Waals surface area contributed by atoms with Gasteiger partial charge >= 0.3 is 0 Å². The van der Waals surface area contributed by atoms with Gasteiger partial charge in [-0.1, -0.05) is 6.07 Å². The van der Waals surface area contributed by atoms with E-state index < -0.39 is 0 Å². The molecule has 0 aliphatic carbocycles. The number of aromatic nitrogens is 1. The number of hydrogen-bond acceptors (Lipinski definition) is 4. The fourth-order valence-electron chi connectivity index (χ4n) is 2.42. The number of hydrogen-bond donors (Lipinski definition) is 1. The van der Waals surface area contributed by atoms with Crippen molar-refractivity contribution in [1.82, 2.24) is 4.98 Å². The third-order valence-corrected chi connectivity index (χ3v) is 3.99. The maximum absolute atomic E-state index is 5.58. The molecule has 4 rings (SSSR count). The zero-order valence-corrected chi connectivity index (χ0v) is 9.43. The summed E-state index contributed by atoms with van der Waals surface area (Å²) in [5.74, 6) is 1.04. The van der Waals surface area contributed by atoms with Gasteiger partial charge in [0.25, 0.3) is 0 Å². The topological polar surface area (TPSA) is 34.2 Å². The molecule has 0 saturated carbocycles. The SMILES string of the molecule is c1nc2c(s1)Nc1c(ccc3c1CCO3)C2. The monoisotopic (exact) mass is 230 g/mol. The molecule has 0 fully saturated rings. The van der Waals surface area contributed by atoms with Crippen LogP contribution in [0.5, 0.6) is 5.75 Å². The number of rotatable bonds is 0. The first-order chi connectivity index (χ1) is 7.92. The molecule has 80 valence electrons. The Kier molecular flexibility index (Phi) is 1.60. The van der Waals surface area contributed by atoms with Crippen molar-refractivity contribution >= 4 is 22.0 Å². The zero-order valence-electron chi connectivity index (χ0n) is 8.62. The average molecular weight is 230 g/mol. The van der Waals surface area contributed by atoms with Crippen LogP contribution < -0.4 is 10.1 Å². The van der Waals surface area contributed by atoms with Crippen LogP contribution >= 0.6 is 11.3 Å². The Morgan fingerprint density at radius 2 is 2.38 bits per heavy atom. The van der Waals surface area contributed by atoms with E-state index in [0.29, 0.717) is 0 Å². The number of nitrogens with zero attached hydrogens (tertiary/aromatic N) is 1. The normalized spacial score (nSPS) is 15.8. The highest BCUT2D eigenvalue weighted by Crippen LogP contribution is 2.41. The molecule has 0 amide bonds. The molecule has 0 spiro atoms. The molecule has 0 saturated heterocycles. The fourth-order valence-corrected chi connectivity index (χ4v) is 3.12. The van der Waals surface area contributed by atoms with Gasteiger partial charge in [0.2, 0.25) is 0 Å². The highest BCUT2D eigenvalue weighted by Gasteiger charge is 2.24. The van der Waals surface area contributed by atoms with E-state index in [4.69, 9.17) is 4.74 Å². The Bertz CT molecular complexity index is 576. The molecule has 0 unspecified atom stereocenters. The predicted molar refractivity (Wildman–Crippen MR) is 63.8 cm³/mol. The van der Waals surface area contributed by atoms with E-state index in [1.165, 1.54) is 21.8 Å². The lowest BCUT2D eigenvalue weighted by Gasteiger charge is -2.19. The van der Waals surface area contributed by atoms with Crippen molar-refractivity contribution in [1.29, 1.82) is 0 Å². The summed E-state index contributed by atoms with van der Waals surface area (Å²) in [6.07, 6.45) is 1.95. The van der Waals surface area contributed by atoms with Crippen molar-refractivity contribution in [2.24, 2.45) is 0 Å². The molecule has 4 heteroatoms. The largest absolute Gasteiger partial charge is 0.493 e. The van der Waals surface area contributed by atoms with Gasteiger partial charge in [-0.2, -0.15) is 0 Å². The number of benzene rings is 1. The van der Waals surface area contributed by atoms with Crippen LogP contribution in [0.4, 0.5) is 10.7 Å². The number of anilines is 2. The summed E-state index contributed by atoms with van der Waals surface area (Å²) in [7, 11) is 0. The van der Waals surface area contributed by atoms with Gasteiger partial charge in [-0.25, -0.2) is 4.98 Å². The number of fused-ring (bicyclic) bond motifs is 4. The van der Waals surface area contributed by atoms with Crippen LogP contribution in [0.2, 0.25) is 0 Å². The first-order valence-electron chi connectivity index (χ1n) is 5.39. The van der Waals surface area contributed by atoms with Gasteiger partial charge in [-0.05, 0) is 11.6 Å². The summed E-state index contributed by atoms with van der Waals surface area (Å²) >= 11 is 1.67. The quantitative estimate of drug-likeness (QED) is 0.644. The Morgan fingerprint density at radius 3 is 3.38 bits per heavy atom. The molecular formula is C12H10N2OS. The number of nitrogens with one attached hydrogen (secondary N) is 1. The maximum atomic E-state index is 5.58. The molecule has 0 bridgehead atoms. The van der Waals surface area contributed by atoms with Crippen molar-refractivity contribution in [3.05, 3.63) is 34.5 Å². The second-order valence-corrected chi connectivity index (χ2v) is 4.96. The van der Waals surface area contributed by atoms with Gasteiger partial charge in [-0.3, -0.25) is 0 Å². The minimum absolute atomic E-state index is 0.809. The zero-order chi connectivity index (χ0) is 10.5. The molecule has 0 atom stereocenters. The molecule has 3 heterocycles. The van der Waals surface area contributed by atoms with E-state index >= 15 is 0 Å². The summed E-state index contributed by atoms with van der Waals surface area (Å²) in [5.41, 5.74) is 6.99. The smallest absolute Gasteiger partial charge is 0.124 e. The van der Waals surface area contributed by atoms with Crippen LogP contribution in [0.3, 0.4) is 0 Å². The van der Waals surface area contributed by atoms with Gasteiger partial charge in [-0.15, -0.1) is 11.3 Å². The molecule has 1 aromatic carbocycles. The van der Waals surface area contributed by atoms with Crippen LogP contribution in [0.25, 0.3) is 0 Å². The molecule has 1 N–H and O–H groups in total. The third-order valence-electron chi connectivity index (χ3n) is 3.20. The van der Waals surface area contributed by atoms with Crippen LogP contribution in [0, 0.1) is 0 Å². The second-order valence-electron chi connectivity index (χ2n) is 4.10. The lowest BCUT2D eigenvalue weighted by Crippen LogP contribution is -2.07. The lowest BCUT2D eigenvalue weighted by atomic mass is 9.99. The van der Waals surface area contributed by atoms with Crippen molar-refractivity contribution in [2.45, 2.75) is 12.8 Å². The van der Waals surface area contributed by atoms with Crippen molar-refractivity contribution in [2.75, 3.05) is 11.9 Å². The van der Waals surface area contributed by atoms with Gasteiger partial charge in [0.1, 0.15) is 10.8 Å². The summed E-state index contributed by atoms with van der Waals surface area (Å²) < 4.78 is 5.58. The standard InChI is InChI=1S/C12H10N2OS/c1-2-10-8(3-4-15-10)11-7(1)5-9-12(14-11)16-6-13-9/h1-2,6,14H,3-5H2. The van der Waals surface area contributed by atoms with Gasteiger partial charge in [0.05, 0.1) is 17.8 Å². The average Bonchev–Trinajstić information content (AvgIpc) is 2.94. The summed E-state index contributed by atoms with van der Waals surface area (Å²) in [5, 5.41) is 4.68. The second kappa shape index (κ2) is 2.98. The van der Waals surface area contributed by atoms with E-state index in [9.17, 15) is 0 Å². The molecule has 1 aromatic heterocycles. The maximum Gasteiger partial charge on any atom is 0.124 e. The van der Waals surface area contributed by atoms with E-state index in [0.717, 1.165) is 30.9 Å². The van der Waals surface area contributed by atoms with E-state index in [2.05, 4.69) is 22.4 Å². The van der Waals surface area contributed by atoms with Gasteiger partial charge in [0.15, 0.2) is 0 Å². The highest BCUT2D eigenvalue weighted by molar-refractivity contribution is 7.14. The Morgan fingerprint density at radius 1 is 1.38 bits per heavy atom. The number of thiazole rings is 1. The van der Waals surface area contributed by atoms with Crippen molar-refractivity contribution in [3.8, 4) is 5.75 Å². The Hall–Kier alpha value is -1.55. The van der Waals surface area contributed by atoms with E-state index in [-0.39, 0.29) is 0 Å². The summed E-state index contributed by atoms with van der Waals surface area (Å²) in [4.78, 5) is 4.37. The lowest BCUT2D eigenvalue weighted by molar-refractivity contribution is 0.357. The minimum Gasteiger partial charge on any atom is -0.493 e. The molecule has 2 aliphatic heterocycles. The molecule has 2 aliphatic rings. The van der Waals surface area contributed by atoms with E-state index in [1.54, 1.807) is 11.3 Å². The molecule has 3 nitrogen and oxygen atoms in total. The molecule has 0 radical (unpaired) electrons. The van der Waals surface area contributed by atoms with Gasteiger partial charge < -0.3 is 10.1 Å². The summed E-state index contributed by atoms with van der Waals surface area (Å²) in [6, 6.07) is 4.23. The molecule has 16 heavy (non-hydrogen) atoms. The minimum atomic E-state index is 0.809. The van der Waals surface area contributed by atoms with Crippen molar-refractivity contribution < 1.29 is 4.74 Å². The first kappa shape index (κ1) is 8.58. The fraction of sp³-hybridized carbons (Fsp3) is 0.250.